The van der Waals surface area contributed by atoms with Crippen molar-refractivity contribution < 1.29 is 32.2 Å². The molecule has 2 bridgehead atoms. The van der Waals surface area contributed by atoms with Crippen LogP contribution in [0.5, 0.6) is 5.75 Å². The molecule has 1 aliphatic heterocycles. The average Bonchev–Trinajstić information content (AvgIpc) is 2.88. The lowest BCUT2D eigenvalue weighted by atomic mass is 9.53. The van der Waals surface area contributed by atoms with E-state index < -0.39 is 12.5 Å². The summed E-state index contributed by atoms with van der Waals surface area (Å²) in [7, 11) is 0. The second-order valence-corrected chi connectivity index (χ2v) is 10.8. The van der Waals surface area contributed by atoms with E-state index in [4.69, 9.17) is 14.3 Å². The lowest BCUT2D eigenvalue weighted by Crippen LogP contribution is -2.59. The van der Waals surface area contributed by atoms with E-state index in [2.05, 4.69) is 23.5 Å². The highest BCUT2D eigenvalue weighted by Crippen LogP contribution is 2.54. The number of fused-ring (bicyclic) bond motifs is 1. The first-order valence-corrected chi connectivity index (χ1v) is 13.5. The van der Waals surface area contributed by atoms with Crippen LogP contribution in [0, 0.1) is 11.8 Å². The Balaban J connectivity index is 0.000000455. The van der Waals surface area contributed by atoms with Crippen LogP contribution in [-0.2, 0) is 26.2 Å². The molecular weight excluding hydrogens is 471 g/mol. The van der Waals surface area contributed by atoms with Gasteiger partial charge in [-0.2, -0.15) is 13.2 Å². The number of piperidine rings is 1. The molecule has 1 aromatic rings. The zero-order chi connectivity index (χ0) is 25.6. The van der Waals surface area contributed by atoms with E-state index in [9.17, 15) is 18.0 Å². The Labute approximate surface area is 211 Å². The lowest BCUT2D eigenvalue weighted by molar-refractivity contribution is -0.156. The van der Waals surface area contributed by atoms with Gasteiger partial charge in [-0.25, -0.2) is 0 Å². The Hall–Kier alpha value is -2.09. The number of alkyl halides is 3. The number of esters is 1. The van der Waals surface area contributed by atoms with Crippen molar-refractivity contribution in [1.82, 2.24) is 5.32 Å². The molecule has 3 atom stereocenters. The number of halogens is 3. The monoisotopic (exact) mass is 509 g/mol. The third-order valence-corrected chi connectivity index (χ3v) is 8.68. The Bertz CT molecular complexity index is 895. The van der Waals surface area contributed by atoms with Crippen LogP contribution in [0.2, 0.25) is 0 Å². The van der Waals surface area contributed by atoms with Gasteiger partial charge in [0.2, 0.25) is 13.1 Å². The summed E-state index contributed by atoms with van der Waals surface area (Å²) in [5.74, 6) is 2.21. The van der Waals surface area contributed by atoms with E-state index in [1.165, 1.54) is 75.3 Å². The number of benzene rings is 1. The first-order chi connectivity index (χ1) is 17.3. The molecular formula is C28H38F3NO4. The molecule has 0 unspecified atom stereocenters. The van der Waals surface area contributed by atoms with Crippen LogP contribution in [0.3, 0.4) is 0 Å². The summed E-state index contributed by atoms with van der Waals surface area (Å²) in [6.45, 7) is 1.16. The molecule has 0 radical (unpaired) electrons. The second-order valence-electron chi connectivity index (χ2n) is 10.8. The highest BCUT2D eigenvalue weighted by atomic mass is 19.4. The minimum absolute atomic E-state index is 0.0307. The van der Waals surface area contributed by atoms with Crippen LogP contribution in [-0.4, -0.2) is 37.8 Å². The molecule has 1 saturated heterocycles. The normalized spacial score (nSPS) is 27.5. The number of nitrogens with one attached hydrogen (secondary N) is 1. The smallest absolute Gasteiger partial charge is 0.446 e. The maximum Gasteiger partial charge on any atom is 0.446 e. The fraction of sp³-hybridized carbons (Fsp3) is 0.714. The van der Waals surface area contributed by atoms with E-state index in [1.807, 2.05) is 0 Å². The van der Waals surface area contributed by atoms with Crippen LogP contribution in [0.4, 0.5) is 13.2 Å². The van der Waals surface area contributed by atoms with E-state index in [1.54, 1.807) is 0 Å². The van der Waals surface area contributed by atoms with Gasteiger partial charge in [-0.05, 0) is 73.7 Å². The largest absolute Gasteiger partial charge is 0.457 e. The molecule has 5 rings (SSSR count). The summed E-state index contributed by atoms with van der Waals surface area (Å²) in [4.78, 5) is 20.8. The number of hydrogen-bond donors (Lipinski definition) is 1. The van der Waals surface area contributed by atoms with Crippen LogP contribution in [0.15, 0.2) is 18.2 Å². The summed E-state index contributed by atoms with van der Waals surface area (Å²) >= 11 is 0. The van der Waals surface area contributed by atoms with Crippen LogP contribution in [0.25, 0.3) is 0 Å². The van der Waals surface area contributed by atoms with E-state index in [0.717, 1.165) is 31.1 Å². The number of ether oxygens (including phenoxy) is 2. The van der Waals surface area contributed by atoms with Gasteiger partial charge in [0.05, 0.1) is 0 Å². The Morgan fingerprint density at radius 3 is 2.58 bits per heavy atom. The number of rotatable bonds is 6. The first kappa shape index (κ1) is 27.0. The molecule has 4 aliphatic rings. The van der Waals surface area contributed by atoms with Crippen molar-refractivity contribution >= 4 is 12.3 Å². The zero-order valence-corrected chi connectivity index (χ0v) is 20.9. The van der Waals surface area contributed by atoms with E-state index in [-0.39, 0.29) is 12.8 Å². The van der Waals surface area contributed by atoms with Crippen molar-refractivity contribution in [2.75, 3.05) is 13.3 Å². The van der Waals surface area contributed by atoms with Crippen molar-refractivity contribution in [2.24, 2.45) is 11.8 Å². The van der Waals surface area contributed by atoms with E-state index >= 15 is 0 Å². The van der Waals surface area contributed by atoms with Crippen molar-refractivity contribution in [1.29, 1.82) is 0 Å². The van der Waals surface area contributed by atoms with Gasteiger partial charge in [-0.3, -0.25) is 9.59 Å². The summed E-state index contributed by atoms with van der Waals surface area (Å²) in [6, 6.07) is 7.22. The first-order valence-electron chi connectivity index (χ1n) is 13.5. The van der Waals surface area contributed by atoms with Gasteiger partial charge in [0.15, 0.2) is 0 Å². The molecule has 0 spiro atoms. The summed E-state index contributed by atoms with van der Waals surface area (Å²) < 4.78 is 42.5. The molecule has 0 amide bonds. The predicted octanol–water partition coefficient (Wildman–Crippen LogP) is 6.02. The molecule has 1 N–H and O–H groups in total. The molecule has 5 nitrogen and oxygen atoms in total. The van der Waals surface area contributed by atoms with Gasteiger partial charge < -0.3 is 14.8 Å². The van der Waals surface area contributed by atoms with Gasteiger partial charge in [-0.15, -0.1) is 0 Å². The highest BCUT2D eigenvalue weighted by molar-refractivity contribution is 5.69. The molecule has 2 saturated carbocycles. The predicted molar refractivity (Wildman–Crippen MR) is 130 cm³/mol. The minimum atomic E-state index is -4.64. The van der Waals surface area contributed by atoms with Gasteiger partial charge >= 0.3 is 12.1 Å². The van der Waals surface area contributed by atoms with Crippen LogP contribution in [0.1, 0.15) is 88.2 Å². The van der Waals surface area contributed by atoms with Crippen molar-refractivity contribution in [3.63, 3.8) is 0 Å². The molecule has 0 aromatic heterocycles. The fourth-order valence-corrected chi connectivity index (χ4v) is 7.03. The molecule has 8 heteroatoms. The summed E-state index contributed by atoms with van der Waals surface area (Å²) in [5.41, 5.74) is 3.34. The van der Waals surface area contributed by atoms with Crippen molar-refractivity contribution in [3.8, 4) is 5.75 Å². The Morgan fingerprint density at radius 2 is 1.83 bits per heavy atom. The van der Waals surface area contributed by atoms with E-state index in [0.29, 0.717) is 23.8 Å². The molecule has 1 aromatic carbocycles. The van der Waals surface area contributed by atoms with Crippen molar-refractivity contribution in [3.05, 3.63) is 29.3 Å². The minimum Gasteiger partial charge on any atom is -0.457 e. The molecule has 3 aliphatic carbocycles. The number of carbonyl (C=O) groups excluding carboxylic acids is 2. The summed E-state index contributed by atoms with van der Waals surface area (Å²) in [6.07, 6.45) is 10.1. The maximum atomic E-state index is 12.1. The standard InChI is InChI=1S/C26H37NO3.C2HF3O/c28-25(12-9-19-6-2-1-3-7-19)30-18-29-21-11-10-20-16-24-22-8-4-5-13-26(22,14-15-27-24)23(20)17-21;3-2(4,5)1-6/h10-11,17,19,22,24,27H,1-9,12-16,18H2;1H/t22-,24+,26+;/m1./s1. The number of hydrogen-bond acceptors (Lipinski definition) is 5. The highest BCUT2D eigenvalue weighted by Gasteiger charge is 2.51. The molecule has 200 valence electrons. The van der Waals surface area contributed by atoms with Gasteiger partial charge in [0.1, 0.15) is 5.75 Å². The van der Waals surface area contributed by atoms with Crippen LogP contribution < -0.4 is 10.1 Å². The number of carbonyl (C=O) groups is 2. The Morgan fingerprint density at radius 1 is 1.08 bits per heavy atom. The third kappa shape index (κ3) is 6.61. The average molecular weight is 510 g/mol. The number of aldehydes is 1. The zero-order valence-electron chi connectivity index (χ0n) is 20.9. The van der Waals surface area contributed by atoms with Gasteiger partial charge in [-0.1, -0.05) is 51.0 Å². The molecule has 3 fully saturated rings. The molecule has 36 heavy (non-hydrogen) atoms. The lowest BCUT2D eigenvalue weighted by Gasteiger charge is -2.56. The van der Waals surface area contributed by atoms with Gasteiger partial charge in [0.25, 0.3) is 0 Å². The SMILES string of the molecule is O=C(CCC1CCCCC1)OCOc1ccc2c(c1)[C@]13CCCC[C@@H]1[C@H](C2)NCC3.O=CC(F)(F)F. The second kappa shape index (κ2) is 12.0. The van der Waals surface area contributed by atoms with Crippen molar-refractivity contribution in [2.45, 2.75) is 101 Å². The fourth-order valence-electron chi connectivity index (χ4n) is 7.03. The topological polar surface area (TPSA) is 64.6 Å². The Kier molecular flexibility index (Phi) is 8.96. The third-order valence-electron chi connectivity index (χ3n) is 8.68. The van der Waals surface area contributed by atoms with Gasteiger partial charge in [0, 0.05) is 17.9 Å². The maximum absolute atomic E-state index is 12.1. The molecule has 1 heterocycles. The quantitative estimate of drug-likeness (QED) is 0.289. The van der Waals surface area contributed by atoms with Crippen LogP contribution >= 0.6 is 0 Å². The summed E-state index contributed by atoms with van der Waals surface area (Å²) in [5, 5.41) is 3.79.